The van der Waals surface area contributed by atoms with E-state index in [0.29, 0.717) is 10.0 Å². The molecule has 0 unspecified atom stereocenters. The molecule has 2 aliphatic carbocycles. The van der Waals surface area contributed by atoms with Crippen LogP contribution in [0.4, 0.5) is 5.69 Å². The summed E-state index contributed by atoms with van der Waals surface area (Å²) in [6.45, 7) is -0.122. The third-order valence-corrected chi connectivity index (χ3v) is 5.90. The van der Waals surface area contributed by atoms with E-state index >= 15 is 0 Å². The number of rotatable bonds is 5. The first-order chi connectivity index (χ1) is 13.4. The van der Waals surface area contributed by atoms with Crippen LogP contribution in [0, 0.1) is 46.1 Å². The van der Waals surface area contributed by atoms with Gasteiger partial charge in [-0.2, -0.15) is 10.1 Å². The molecule has 2 fully saturated rings. The van der Waals surface area contributed by atoms with Crippen LogP contribution >= 0.6 is 15.9 Å². The maximum absolute atomic E-state index is 12.6. The third-order valence-electron chi connectivity index (χ3n) is 5.31. The lowest BCUT2D eigenvalue weighted by atomic mass is 9.85. The number of terminal acetylenes is 1. The summed E-state index contributed by atoms with van der Waals surface area (Å²) in [5, 5.41) is 16.3. The van der Waals surface area contributed by atoms with Crippen molar-refractivity contribution in [3.05, 3.63) is 44.4 Å². The Labute approximate surface area is 168 Å². The van der Waals surface area contributed by atoms with Gasteiger partial charge in [0.2, 0.25) is 5.75 Å². The van der Waals surface area contributed by atoms with Crippen LogP contribution in [0.15, 0.2) is 33.9 Å². The summed E-state index contributed by atoms with van der Waals surface area (Å²) in [6.07, 6.45) is 11.2. The fourth-order valence-corrected chi connectivity index (χ4v) is 4.77. The highest BCUT2D eigenvalue weighted by Crippen LogP contribution is 2.52. The zero-order chi connectivity index (χ0) is 20.0. The quantitative estimate of drug-likeness (QED) is 0.174. The number of hydrogen-bond acceptors (Lipinski definition) is 6. The molecule has 0 spiro atoms. The molecule has 142 valence electrons. The van der Waals surface area contributed by atoms with E-state index in [4.69, 9.17) is 11.2 Å². The number of nitro groups is 1. The normalized spacial score (nSPS) is 27.5. The van der Waals surface area contributed by atoms with Crippen LogP contribution < -0.4 is 4.74 Å². The van der Waals surface area contributed by atoms with Crippen molar-refractivity contribution in [2.75, 3.05) is 6.61 Å². The van der Waals surface area contributed by atoms with Gasteiger partial charge in [-0.1, -0.05) is 18.1 Å². The smallest absolute Gasteiger partial charge is 0.312 e. The molecule has 28 heavy (non-hydrogen) atoms. The topological polar surface area (TPSA) is 102 Å². The van der Waals surface area contributed by atoms with Crippen molar-refractivity contribution in [3.63, 3.8) is 0 Å². The molecule has 0 radical (unpaired) electrons. The Morgan fingerprint density at radius 1 is 1.32 bits per heavy atom. The first kappa shape index (κ1) is 18.4. The van der Waals surface area contributed by atoms with Crippen LogP contribution in [0.1, 0.15) is 12.0 Å². The van der Waals surface area contributed by atoms with Crippen LogP contribution in [0.5, 0.6) is 5.75 Å². The van der Waals surface area contributed by atoms with Gasteiger partial charge in [0.05, 0.1) is 27.4 Å². The number of hydrazone groups is 1. The average molecular weight is 444 g/mol. The molecule has 4 atom stereocenters. The highest BCUT2D eigenvalue weighted by molar-refractivity contribution is 9.10. The van der Waals surface area contributed by atoms with Gasteiger partial charge in [-0.3, -0.25) is 19.7 Å². The van der Waals surface area contributed by atoms with Gasteiger partial charge in [0.15, 0.2) is 0 Å². The monoisotopic (exact) mass is 443 g/mol. The van der Waals surface area contributed by atoms with Gasteiger partial charge in [0, 0.05) is 11.6 Å². The van der Waals surface area contributed by atoms with Crippen molar-refractivity contribution in [3.8, 4) is 18.1 Å². The number of hydrogen-bond donors (Lipinski definition) is 0. The molecule has 8 nitrogen and oxygen atoms in total. The number of benzene rings is 1. The molecule has 0 N–H and O–H groups in total. The van der Waals surface area contributed by atoms with E-state index < -0.39 is 4.92 Å². The fourth-order valence-electron chi connectivity index (χ4n) is 4.19. The van der Waals surface area contributed by atoms with Crippen LogP contribution in [0.3, 0.4) is 0 Å². The fraction of sp³-hybridized carbons (Fsp3) is 0.316. The molecule has 9 heteroatoms. The van der Waals surface area contributed by atoms with Crippen molar-refractivity contribution < 1.29 is 19.2 Å². The van der Waals surface area contributed by atoms with Crippen LogP contribution in [-0.4, -0.2) is 34.6 Å². The van der Waals surface area contributed by atoms with E-state index in [0.717, 1.165) is 11.4 Å². The SMILES string of the molecule is C#CCOc1c(Br)cc(C=NN2C(=O)[C@@H]3[C@H](C2=O)[C@H]2C=C[C@H]3C2)cc1[N+](=O)[O-]. The first-order valence-corrected chi connectivity index (χ1v) is 9.36. The van der Waals surface area contributed by atoms with E-state index in [1.54, 1.807) is 6.07 Å². The van der Waals surface area contributed by atoms with Gasteiger partial charge < -0.3 is 4.74 Å². The number of carbonyl (C=O) groups excluding carboxylic acids is 2. The Morgan fingerprint density at radius 2 is 1.96 bits per heavy atom. The zero-order valence-electron chi connectivity index (χ0n) is 14.4. The molecule has 1 aliphatic heterocycles. The van der Waals surface area contributed by atoms with Crippen LogP contribution in [0.2, 0.25) is 0 Å². The number of ether oxygens (including phenoxy) is 1. The number of carbonyl (C=O) groups is 2. The molecular formula is C19H14BrN3O5. The first-order valence-electron chi connectivity index (χ1n) is 8.56. The van der Waals surface area contributed by atoms with Crippen molar-refractivity contribution in [1.29, 1.82) is 0 Å². The summed E-state index contributed by atoms with van der Waals surface area (Å²) in [5.74, 6) is 1.12. The second-order valence-corrected chi connectivity index (χ2v) is 7.69. The molecule has 2 bridgehead atoms. The minimum absolute atomic E-state index is 0.00519. The standard InChI is InChI=1S/C19H14BrN3O5/c1-2-5-28-17-13(20)6-10(7-14(17)23(26)27)9-21-22-18(24)15-11-3-4-12(8-11)16(15)19(22)25/h1,3-4,6-7,9,11-12,15-16H,5,8H2/t11-,12-,15-,16+/m0/s1. The minimum Gasteiger partial charge on any atom is -0.473 e. The number of amides is 2. The van der Waals surface area contributed by atoms with Crippen molar-refractivity contribution >= 4 is 39.6 Å². The minimum atomic E-state index is -0.603. The lowest BCUT2D eigenvalue weighted by Crippen LogP contribution is -2.28. The second-order valence-electron chi connectivity index (χ2n) is 6.83. The molecular weight excluding hydrogens is 430 g/mol. The van der Waals surface area contributed by atoms with E-state index in [-0.39, 0.29) is 53.5 Å². The van der Waals surface area contributed by atoms with E-state index in [1.165, 1.54) is 12.3 Å². The molecule has 4 rings (SSSR count). The third kappa shape index (κ3) is 2.81. The number of imide groups is 1. The highest BCUT2D eigenvalue weighted by Gasteiger charge is 2.59. The summed E-state index contributed by atoms with van der Waals surface area (Å²) in [7, 11) is 0. The number of halogens is 1. The van der Waals surface area contributed by atoms with Crippen LogP contribution in [0.25, 0.3) is 0 Å². The predicted octanol–water partition coefficient (Wildman–Crippen LogP) is 2.51. The van der Waals surface area contributed by atoms with E-state index in [1.807, 2.05) is 12.2 Å². The molecule has 1 heterocycles. The lowest BCUT2D eigenvalue weighted by molar-refractivity contribution is -0.385. The van der Waals surface area contributed by atoms with Gasteiger partial charge in [-0.25, -0.2) is 0 Å². The van der Waals surface area contributed by atoms with E-state index in [9.17, 15) is 19.7 Å². The Kier molecular flexibility index (Phi) is 4.51. The number of fused-ring (bicyclic) bond motifs is 5. The van der Waals surface area contributed by atoms with E-state index in [2.05, 4.69) is 27.0 Å². The Balaban J connectivity index is 1.60. The maximum atomic E-state index is 12.6. The summed E-state index contributed by atoms with van der Waals surface area (Å²) in [6, 6.07) is 2.79. The lowest BCUT2D eigenvalue weighted by Gasteiger charge is -2.13. The Bertz CT molecular complexity index is 966. The van der Waals surface area contributed by atoms with Crippen molar-refractivity contribution in [1.82, 2.24) is 5.01 Å². The summed E-state index contributed by atoms with van der Waals surface area (Å²) >= 11 is 3.22. The van der Waals surface area contributed by atoms with Crippen molar-refractivity contribution in [2.24, 2.45) is 28.8 Å². The molecule has 1 aromatic rings. The van der Waals surface area contributed by atoms with Gasteiger partial charge in [0.1, 0.15) is 6.61 Å². The molecule has 1 saturated heterocycles. The maximum Gasteiger partial charge on any atom is 0.312 e. The molecule has 1 aromatic carbocycles. The highest BCUT2D eigenvalue weighted by atomic mass is 79.9. The number of nitro benzene ring substituents is 1. The molecule has 2 amide bonds. The molecule has 1 saturated carbocycles. The largest absolute Gasteiger partial charge is 0.473 e. The van der Waals surface area contributed by atoms with Gasteiger partial charge >= 0.3 is 5.69 Å². The molecule has 3 aliphatic rings. The number of allylic oxidation sites excluding steroid dienone is 2. The van der Waals surface area contributed by atoms with Crippen LogP contribution in [-0.2, 0) is 9.59 Å². The van der Waals surface area contributed by atoms with Gasteiger partial charge in [-0.05, 0) is 40.3 Å². The zero-order valence-corrected chi connectivity index (χ0v) is 16.0. The van der Waals surface area contributed by atoms with Crippen molar-refractivity contribution in [2.45, 2.75) is 6.42 Å². The summed E-state index contributed by atoms with van der Waals surface area (Å²) in [5.41, 5.74) is 0.0367. The Morgan fingerprint density at radius 3 is 2.54 bits per heavy atom. The predicted molar refractivity (Wildman–Crippen MR) is 102 cm³/mol. The van der Waals surface area contributed by atoms with Gasteiger partial charge in [-0.15, -0.1) is 6.42 Å². The van der Waals surface area contributed by atoms with Gasteiger partial charge in [0.25, 0.3) is 11.8 Å². The summed E-state index contributed by atoms with van der Waals surface area (Å²) in [4.78, 5) is 36.0. The second kappa shape index (κ2) is 6.87. The molecule has 0 aromatic heterocycles. The summed E-state index contributed by atoms with van der Waals surface area (Å²) < 4.78 is 5.55. The Hall–Kier alpha value is -2.99. The average Bonchev–Trinajstić information content (AvgIpc) is 3.33. The number of nitrogens with zero attached hydrogens (tertiary/aromatic N) is 3.